The molecule has 3 nitrogen and oxygen atoms in total. The second-order valence-electron chi connectivity index (χ2n) is 4.22. The molecule has 1 amide bonds. The van der Waals surface area contributed by atoms with Crippen molar-refractivity contribution in [1.82, 2.24) is 4.90 Å². The van der Waals surface area contributed by atoms with Crippen molar-refractivity contribution in [2.45, 2.75) is 32.7 Å². The van der Waals surface area contributed by atoms with E-state index in [-0.39, 0.29) is 11.9 Å². The minimum Gasteiger partial charge on any atom is -0.496 e. The zero-order valence-electron chi connectivity index (χ0n) is 11.1. The van der Waals surface area contributed by atoms with Crippen molar-refractivity contribution < 1.29 is 9.53 Å². The van der Waals surface area contributed by atoms with E-state index in [9.17, 15) is 4.79 Å². The van der Waals surface area contributed by atoms with Gasteiger partial charge in [0.2, 0.25) is 5.91 Å². The van der Waals surface area contributed by atoms with E-state index in [1.165, 1.54) is 0 Å². The highest BCUT2D eigenvalue weighted by Gasteiger charge is 2.15. The summed E-state index contributed by atoms with van der Waals surface area (Å²) in [6.45, 7) is 3.94. The van der Waals surface area contributed by atoms with Crippen LogP contribution in [0.25, 0.3) is 0 Å². The molecule has 0 heterocycles. The van der Waals surface area contributed by atoms with Crippen molar-refractivity contribution in [1.29, 1.82) is 0 Å². The molecule has 1 unspecified atom stereocenters. The molecule has 0 fully saturated rings. The molecular formula is C14H21NO2. The Hall–Kier alpha value is -1.51. The van der Waals surface area contributed by atoms with E-state index in [2.05, 4.69) is 6.92 Å². The van der Waals surface area contributed by atoms with Gasteiger partial charge in [0.15, 0.2) is 0 Å². The number of carbonyl (C=O) groups is 1. The maximum absolute atomic E-state index is 11.6. The number of hydrogen-bond donors (Lipinski definition) is 0. The van der Waals surface area contributed by atoms with Gasteiger partial charge in [0.1, 0.15) is 5.75 Å². The molecule has 17 heavy (non-hydrogen) atoms. The fourth-order valence-electron chi connectivity index (χ4n) is 1.82. The number of carbonyl (C=O) groups excluding carboxylic acids is 1. The van der Waals surface area contributed by atoms with Crippen molar-refractivity contribution >= 4 is 5.91 Å². The van der Waals surface area contributed by atoms with Crippen molar-refractivity contribution in [2.24, 2.45) is 0 Å². The largest absolute Gasteiger partial charge is 0.496 e. The monoisotopic (exact) mass is 235 g/mol. The third-order valence-corrected chi connectivity index (χ3v) is 3.06. The Bertz CT molecular complexity index is 376. The lowest BCUT2D eigenvalue weighted by Crippen LogP contribution is -2.35. The molecule has 1 aromatic rings. The summed E-state index contributed by atoms with van der Waals surface area (Å²) in [5.41, 5.74) is 1.14. The van der Waals surface area contributed by atoms with Crippen molar-refractivity contribution in [3.8, 4) is 5.75 Å². The summed E-state index contributed by atoms with van der Waals surface area (Å²) < 4.78 is 5.31. The zero-order valence-corrected chi connectivity index (χ0v) is 11.1. The average Bonchev–Trinajstić information content (AvgIpc) is 2.37. The van der Waals surface area contributed by atoms with Gasteiger partial charge in [-0.05, 0) is 25.0 Å². The molecule has 1 aromatic carbocycles. The minimum absolute atomic E-state index is 0.174. The Labute approximate surface area is 103 Å². The fourth-order valence-corrected chi connectivity index (χ4v) is 1.82. The quantitative estimate of drug-likeness (QED) is 0.784. The number of amides is 1. The normalized spacial score (nSPS) is 12.0. The van der Waals surface area contributed by atoms with Crippen LogP contribution in [-0.2, 0) is 11.2 Å². The molecule has 1 atom stereocenters. The van der Waals surface area contributed by atoms with Crippen LogP contribution in [0.1, 0.15) is 25.8 Å². The molecular weight excluding hydrogens is 214 g/mol. The first kappa shape index (κ1) is 13.6. The van der Waals surface area contributed by atoms with Gasteiger partial charge in [0.05, 0.1) is 7.11 Å². The predicted molar refractivity (Wildman–Crippen MR) is 69.2 cm³/mol. The number of para-hydroxylation sites is 1. The Morgan fingerprint density at radius 2 is 2.06 bits per heavy atom. The highest BCUT2D eigenvalue weighted by atomic mass is 16.5. The van der Waals surface area contributed by atoms with E-state index >= 15 is 0 Å². The molecule has 3 heteroatoms. The van der Waals surface area contributed by atoms with E-state index in [0.29, 0.717) is 6.42 Å². The lowest BCUT2D eigenvalue weighted by atomic mass is 10.0. The van der Waals surface area contributed by atoms with Gasteiger partial charge in [-0.1, -0.05) is 25.1 Å². The molecule has 0 aliphatic heterocycles. The summed E-state index contributed by atoms with van der Waals surface area (Å²) in [6, 6.07) is 8.11. The van der Waals surface area contributed by atoms with Crippen LogP contribution in [0.3, 0.4) is 0 Å². The van der Waals surface area contributed by atoms with Crippen LogP contribution >= 0.6 is 0 Å². The maximum Gasteiger partial charge on any atom is 0.222 e. The van der Waals surface area contributed by atoms with Crippen LogP contribution in [0.2, 0.25) is 0 Å². The number of hydrogen-bond acceptors (Lipinski definition) is 2. The number of rotatable bonds is 5. The fraction of sp³-hybridized carbons (Fsp3) is 0.500. The molecule has 0 aliphatic rings. The minimum atomic E-state index is 0.174. The second-order valence-corrected chi connectivity index (χ2v) is 4.22. The van der Waals surface area contributed by atoms with Crippen molar-refractivity contribution in [3.05, 3.63) is 29.8 Å². The summed E-state index contributed by atoms with van der Waals surface area (Å²) >= 11 is 0. The number of nitrogens with zero attached hydrogens (tertiary/aromatic N) is 1. The second kappa shape index (κ2) is 6.28. The standard InChI is InChI=1S/C14H21NO2/c1-5-14(16)15(3)11(2)10-12-8-6-7-9-13(12)17-4/h6-9,11H,5,10H2,1-4H3. The lowest BCUT2D eigenvalue weighted by molar-refractivity contribution is -0.131. The summed E-state index contributed by atoms with van der Waals surface area (Å²) in [7, 11) is 3.52. The van der Waals surface area contributed by atoms with E-state index in [0.717, 1.165) is 17.7 Å². The highest BCUT2D eigenvalue weighted by molar-refractivity contribution is 5.75. The number of benzene rings is 1. The Morgan fingerprint density at radius 1 is 1.41 bits per heavy atom. The SMILES string of the molecule is CCC(=O)N(C)C(C)Cc1ccccc1OC. The van der Waals surface area contributed by atoms with Gasteiger partial charge in [-0.3, -0.25) is 4.79 Å². The first-order valence-corrected chi connectivity index (χ1v) is 5.97. The van der Waals surface area contributed by atoms with Crippen molar-refractivity contribution in [3.63, 3.8) is 0 Å². The van der Waals surface area contributed by atoms with Gasteiger partial charge in [-0.2, -0.15) is 0 Å². The summed E-state index contributed by atoms with van der Waals surface area (Å²) in [5, 5.41) is 0. The molecule has 0 aromatic heterocycles. The van der Waals surface area contributed by atoms with Crippen LogP contribution < -0.4 is 4.74 Å². The van der Waals surface area contributed by atoms with Crippen LogP contribution in [0.4, 0.5) is 0 Å². The molecule has 0 aliphatic carbocycles. The third-order valence-electron chi connectivity index (χ3n) is 3.06. The molecule has 0 radical (unpaired) electrons. The van der Waals surface area contributed by atoms with Gasteiger partial charge in [-0.15, -0.1) is 0 Å². The topological polar surface area (TPSA) is 29.5 Å². The number of likely N-dealkylation sites (N-methyl/N-ethyl adjacent to an activating group) is 1. The highest BCUT2D eigenvalue weighted by Crippen LogP contribution is 2.20. The average molecular weight is 235 g/mol. The van der Waals surface area contributed by atoms with Gasteiger partial charge in [0.25, 0.3) is 0 Å². The van der Waals surface area contributed by atoms with Gasteiger partial charge in [-0.25, -0.2) is 0 Å². The van der Waals surface area contributed by atoms with E-state index in [1.54, 1.807) is 12.0 Å². The Balaban J connectivity index is 2.73. The molecule has 0 bridgehead atoms. The van der Waals surface area contributed by atoms with Gasteiger partial charge < -0.3 is 9.64 Å². The van der Waals surface area contributed by atoms with Crippen LogP contribution in [0.5, 0.6) is 5.75 Å². The molecule has 1 rings (SSSR count). The molecule has 0 spiro atoms. The Kier molecular flexibility index (Phi) is 5.01. The van der Waals surface area contributed by atoms with Crippen LogP contribution in [0, 0.1) is 0 Å². The van der Waals surface area contributed by atoms with Crippen molar-refractivity contribution in [2.75, 3.05) is 14.2 Å². The zero-order chi connectivity index (χ0) is 12.8. The van der Waals surface area contributed by atoms with E-state index < -0.39 is 0 Å². The molecule has 0 N–H and O–H groups in total. The van der Waals surface area contributed by atoms with Crippen LogP contribution in [0.15, 0.2) is 24.3 Å². The Morgan fingerprint density at radius 3 is 2.65 bits per heavy atom. The first-order chi connectivity index (χ1) is 8.10. The summed E-state index contributed by atoms with van der Waals surface area (Å²) in [4.78, 5) is 13.4. The smallest absolute Gasteiger partial charge is 0.222 e. The number of methoxy groups -OCH3 is 1. The summed E-state index contributed by atoms with van der Waals surface area (Å²) in [6.07, 6.45) is 1.36. The van der Waals surface area contributed by atoms with Crippen LogP contribution in [-0.4, -0.2) is 31.0 Å². The first-order valence-electron chi connectivity index (χ1n) is 5.97. The third kappa shape index (κ3) is 3.48. The molecule has 0 saturated carbocycles. The predicted octanol–water partition coefficient (Wildman–Crippen LogP) is 2.49. The lowest BCUT2D eigenvalue weighted by Gasteiger charge is -2.25. The van der Waals surface area contributed by atoms with E-state index in [1.807, 2.05) is 38.2 Å². The maximum atomic E-state index is 11.6. The molecule has 94 valence electrons. The molecule has 0 saturated heterocycles. The summed E-state index contributed by atoms with van der Waals surface area (Å²) in [5.74, 6) is 1.06. The van der Waals surface area contributed by atoms with E-state index in [4.69, 9.17) is 4.74 Å². The van der Waals surface area contributed by atoms with Gasteiger partial charge >= 0.3 is 0 Å². The number of ether oxygens (including phenoxy) is 1. The van der Waals surface area contributed by atoms with Gasteiger partial charge in [0, 0.05) is 19.5 Å².